The largest absolute Gasteiger partial charge is 0.497 e. The van der Waals surface area contributed by atoms with Gasteiger partial charge < -0.3 is 14.2 Å². The Balaban J connectivity index is 2.59. The minimum absolute atomic E-state index is 0.0780. The third kappa shape index (κ3) is 3.96. The summed E-state index contributed by atoms with van der Waals surface area (Å²) < 4.78 is 43.9. The van der Waals surface area contributed by atoms with Crippen molar-refractivity contribution in [2.45, 2.75) is 4.90 Å². The summed E-state index contributed by atoms with van der Waals surface area (Å²) in [5.41, 5.74) is 0.389. The van der Waals surface area contributed by atoms with E-state index in [2.05, 4.69) is 22.5 Å². The number of anilines is 1. The molecule has 0 amide bonds. The minimum atomic E-state index is -3.86. The lowest BCUT2D eigenvalue weighted by Gasteiger charge is -2.25. The van der Waals surface area contributed by atoms with E-state index < -0.39 is 10.0 Å². The summed E-state index contributed by atoms with van der Waals surface area (Å²) in [5.74, 6) is 1.48. The zero-order valence-electron chi connectivity index (χ0n) is 14.7. The van der Waals surface area contributed by atoms with E-state index in [1.165, 1.54) is 43.8 Å². The van der Waals surface area contributed by atoms with E-state index >= 15 is 0 Å². The average molecular weight is 442 g/mol. The standard InChI is InChI=1S/C18H20BrNO5S/c1-5-10-20(16-8-6-13(23-2)11-18(16)25-4)26(21,22)14-7-9-17(24-3)15(19)12-14/h5-9,11-12H,1,10H2,2-4H3. The Hall–Kier alpha value is -2.19. The van der Waals surface area contributed by atoms with Crippen molar-refractivity contribution in [1.29, 1.82) is 0 Å². The molecule has 26 heavy (non-hydrogen) atoms. The van der Waals surface area contributed by atoms with Crippen molar-refractivity contribution in [1.82, 2.24) is 0 Å². The second-order valence-corrected chi connectivity index (χ2v) is 7.88. The summed E-state index contributed by atoms with van der Waals surface area (Å²) >= 11 is 3.32. The molecule has 0 atom stereocenters. The molecule has 0 unspecified atom stereocenters. The van der Waals surface area contributed by atoms with Crippen molar-refractivity contribution in [2.24, 2.45) is 0 Å². The second-order valence-electron chi connectivity index (χ2n) is 5.16. The minimum Gasteiger partial charge on any atom is -0.497 e. The van der Waals surface area contributed by atoms with E-state index in [9.17, 15) is 8.42 Å². The zero-order chi connectivity index (χ0) is 19.3. The molecule has 0 aliphatic heterocycles. The molecule has 2 aromatic carbocycles. The van der Waals surface area contributed by atoms with E-state index in [4.69, 9.17) is 14.2 Å². The Morgan fingerprint density at radius 2 is 1.73 bits per heavy atom. The normalized spacial score (nSPS) is 10.9. The van der Waals surface area contributed by atoms with Gasteiger partial charge in [-0.1, -0.05) is 6.08 Å². The van der Waals surface area contributed by atoms with Crippen LogP contribution in [0.5, 0.6) is 17.2 Å². The summed E-state index contributed by atoms with van der Waals surface area (Å²) in [6.07, 6.45) is 1.51. The van der Waals surface area contributed by atoms with Crippen LogP contribution in [0.25, 0.3) is 0 Å². The number of ether oxygens (including phenoxy) is 3. The molecule has 0 aromatic heterocycles. The molecule has 140 valence electrons. The number of hydrogen-bond acceptors (Lipinski definition) is 5. The van der Waals surface area contributed by atoms with Crippen LogP contribution in [0.1, 0.15) is 0 Å². The fourth-order valence-electron chi connectivity index (χ4n) is 2.37. The first-order chi connectivity index (χ1) is 12.4. The summed E-state index contributed by atoms with van der Waals surface area (Å²) in [7, 11) is 0.657. The van der Waals surface area contributed by atoms with Crippen LogP contribution in [0.3, 0.4) is 0 Å². The van der Waals surface area contributed by atoms with Crippen LogP contribution in [0.2, 0.25) is 0 Å². The van der Waals surface area contributed by atoms with E-state index in [1.807, 2.05) is 0 Å². The van der Waals surface area contributed by atoms with Crippen molar-refractivity contribution in [3.8, 4) is 17.2 Å². The topological polar surface area (TPSA) is 65.1 Å². The number of benzene rings is 2. The molecule has 0 saturated heterocycles. The second kappa shape index (κ2) is 8.46. The molecule has 0 bridgehead atoms. The Kier molecular flexibility index (Phi) is 6.55. The fourth-order valence-corrected chi connectivity index (χ4v) is 4.53. The van der Waals surface area contributed by atoms with Gasteiger partial charge in [0, 0.05) is 6.07 Å². The quantitative estimate of drug-likeness (QED) is 0.581. The highest BCUT2D eigenvalue weighted by atomic mass is 79.9. The fraction of sp³-hybridized carbons (Fsp3) is 0.222. The van der Waals surface area contributed by atoms with Crippen molar-refractivity contribution >= 4 is 31.6 Å². The van der Waals surface area contributed by atoms with Crippen LogP contribution in [0, 0.1) is 0 Å². The Labute approximate surface area is 162 Å². The molecule has 0 N–H and O–H groups in total. The molecule has 0 spiro atoms. The molecule has 0 aliphatic carbocycles. The molecule has 8 heteroatoms. The molecule has 6 nitrogen and oxygen atoms in total. The smallest absolute Gasteiger partial charge is 0.264 e. The maximum atomic E-state index is 13.2. The molecular formula is C18H20BrNO5S. The van der Waals surface area contributed by atoms with Crippen LogP contribution in [-0.2, 0) is 10.0 Å². The monoisotopic (exact) mass is 441 g/mol. The number of hydrogen-bond donors (Lipinski definition) is 0. The molecule has 2 aromatic rings. The summed E-state index contributed by atoms with van der Waals surface area (Å²) in [5, 5.41) is 0. The first-order valence-electron chi connectivity index (χ1n) is 7.58. The summed E-state index contributed by atoms with van der Waals surface area (Å²) in [6.45, 7) is 3.74. The van der Waals surface area contributed by atoms with Crippen molar-refractivity contribution in [3.05, 3.63) is 53.5 Å². The number of nitrogens with zero attached hydrogens (tertiary/aromatic N) is 1. The maximum absolute atomic E-state index is 13.2. The Bertz CT molecular complexity index is 898. The van der Waals surface area contributed by atoms with Gasteiger partial charge in [0.1, 0.15) is 17.2 Å². The SMILES string of the molecule is C=CCN(c1ccc(OC)cc1OC)S(=O)(=O)c1ccc(OC)c(Br)c1. The van der Waals surface area contributed by atoms with Gasteiger partial charge in [0.2, 0.25) is 0 Å². The number of halogens is 1. The average Bonchev–Trinajstić information content (AvgIpc) is 2.65. The van der Waals surface area contributed by atoms with Crippen LogP contribution in [-0.4, -0.2) is 36.3 Å². The van der Waals surface area contributed by atoms with E-state index in [-0.39, 0.29) is 11.4 Å². The van der Waals surface area contributed by atoms with Gasteiger partial charge in [-0.2, -0.15) is 0 Å². The van der Waals surface area contributed by atoms with Crippen molar-refractivity contribution in [3.63, 3.8) is 0 Å². The van der Waals surface area contributed by atoms with Crippen molar-refractivity contribution < 1.29 is 22.6 Å². The molecular weight excluding hydrogens is 422 g/mol. The van der Waals surface area contributed by atoms with Gasteiger partial charge in [-0.15, -0.1) is 6.58 Å². The van der Waals surface area contributed by atoms with E-state index in [0.29, 0.717) is 27.4 Å². The van der Waals surface area contributed by atoms with Crippen LogP contribution >= 0.6 is 15.9 Å². The van der Waals surface area contributed by atoms with Crippen LogP contribution in [0.4, 0.5) is 5.69 Å². The summed E-state index contributed by atoms with van der Waals surface area (Å²) in [4.78, 5) is 0.116. The van der Waals surface area contributed by atoms with Gasteiger partial charge in [0.15, 0.2) is 0 Å². The number of methoxy groups -OCH3 is 3. The highest BCUT2D eigenvalue weighted by Crippen LogP contribution is 2.36. The third-order valence-corrected chi connectivity index (χ3v) is 6.06. The molecule has 0 aliphatic rings. The van der Waals surface area contributed by atoms with Gasteiger partial charge in [-0.3, -0.25) is 4.31 Å². The molecule has 2 rings (SSSR count). The number of sulfonamides is 1. The van der Waals surface area contributed by atoms with Crippen LogP contribution < -0.4 is 18.5 Å². The lowest BCUT2D eigenvalue weighted by atomic mass is 10.2. The third-order valence-electron chi connectivity index (χ3n) is 3.66. The Morgan fingerprint density at radius 1 is 1.04 bits per heavy atom. The van der Waals surface area contributed by atoms with Gasteiger partial charge in [-0.05, 0) is 46.3 Å². The zero-order valence-corrected chi connectivity index (χ0v) is 17.1. The van der Waals surface area contributed by atoms with Gasteiger partial charge in [0.25, 0.3) is 10.0 Å². The first kappa shape index (κ1) is 20.1. The van der Waals surface area contributed by atoms with Crippen molar-refractivity contribution in [2.75, 3.05) is 32.2 Å². The van der Waals surface area contributed by atoms with Gasteiger partial charge in [-0.25, -0.2) is 8.42 Å². The van der Waals surface area contributed by atoms with Crippen LogP contribution in [0.15, 0.2) is 58.4 Å². The van der Waals surface area contributed by atoms with E-state index in [0.717, 1.165) is 0 Å². The lowest BCUT2D eigenvalue weighted by Crippen LogP contribution is -2.31. The first-order valence-corrected chi connectivity index (χ1v) is 9.81. The highest BCUT2D eigenvalue weighted by molar-refractivity contribution is 9.10. The van der Waals surface area contributed by atoms with E-state index in [1.54, 1.807) is 24.3 Å². The number of rotatable bonds is 8. The Morgan fingerprint density at radius 3 is 2.27 bits per heavy atom. The lowest BCUT2D eigenvalue weighted by molar-refractivity contribution is 0.395. The predicted octanol–water partition coefficient (Wildman–Crippen LogP) is 3.86. The molecule has 0 fully saturated rings. The molecule has 0 heterocycles. The van der Waals surface area contributed by atoms with Gasteiger partial charge >= 0.3 is 0 Å². The maximum Gasteiger partial charge on any atom is 0.264 e. The molecule has 0 saturated carbocycles. The predicted molar refractivity (Wildman–Crippen MR) is 105 cm³/mol. The summed E-state index contributed by atoms with van der Waals surface area (Å²) in [6, 6.07) is 9.52. The van der Waals surface area contributed by atoms with Gasteiger partial charge in [0.05, 0.1) is 42.9 Å². The molecule has 0 radical (unpaired) electrons. The highest BCUT2D eigenvalue weighted by Gasteiger charge is 2.27.